The fourth-order valence-corrected chi connectivity index (χ4v) is 7.69. The molecule has 2 heterocycles. The highest BCUT2D eigenvalue weighted by atomic mass is 16.2. The minimum atomic E-state index is -0.195. The van der Waals surface area contributed by atoms with Crippen molar-refractivity contribution in [3.05, 3.63) is 70.8 Å². The number of imide groups is 2. The van der Waals surface area contributed by atoms with E-state index in [9.17, 15) is 19.2 Å². The van der Waals surface area contributed by atoms with Gasteiger partial charge < -0.3 is 0 Å². The van der Waals surface area contributed by atoms with Gasteiger partial charge in [-0.3, -0.25) is 29.0 Å². The lowest BCUT2D eigenvalue weighted by Gasteiger charge is -2.34. The topological polar surface area (TPSA) is 74.8 Å². The zero-order valence-corrected chi connectivity index (χ0v) is 17.5. The van der Waals surface area contributed by atoms with E-state index in [0.717, 1.165) is 12.8 Å². The first-order chi connectivity index (χ1) is 15.5. The number of hydrogen-bond acceptors (Lipinski definition) is 4. The lowest BCUT2D eigenvalue weighted by atomic mass is 9.76. The second-order valence-electron chi connectivity index (χ2n) is 10.0. The Hall–Kier alpha value is -3.28. The normalized spacial score (nSPS) is 33.8. The first-order valence-corrected chi connectivity index (χ1v) is 11.4. The zero-order valence-electron chi connectivity index (χ0n) is 17.5. The third-order valence-electron chi connectivity index (χ3n) is 8.98. The van der Waals surface area contributed by atoms with E-state index in [2.05, 4.69) is 0 Å². The number of nitrogens with zero attached hydrogens (tertiary/aromatic N) is 2. The van der Waals surface area contributed by atoms with Gasteiger partial charge in [0.25, 0.3) is 23.6 Å². The highest BCUT2D eigenvalue weighted by molar-refractivity contribution is 6.22. The smallest absolute Gasteiger partial charge is 0.261 e. The monoisotopic (exact) mass is 426 g/mol. The van der Waals surface area contributed by atoms with Gasteiger partial charge in [-0.15, -0.1) is 0 Å². The van der Waals surface area contributed by atoms with E-state index in [1.165, 1.54) is 16.2 Å². The van der Waals surface area contributed by atoms with Crippen molar-refractivity contribution in [1.82, 2.24) is 9.80 Å². The number of amides is 4. The summed E-state index contributed by atoms with van der Waals surface area (Å²) in [5.41, 5.74) is 2.03. The Morgan fingerprint density at radius 3 is 1.66 bits per heavy atom. The van der Waals surface area contributed by atoms with Crippen LogP contribution in [0, 0.1) is 29.1 Å². The summed E-state index contributed by atoms with van der Waals surface area (Å²) in [5.74, 6) is 0.797. The minimum absolute atomic E-state index is 0.0509. The molecule has 2 aromatic rings. The van der Waals surface area contributed by atoms with Gasteiger partial charge in [-0.05, 0) is 72.6 Å². The van der Waals surface area contributed by atoms with Crippen LogP contribution in [-0.2, 0) is 0 Å². The summed E-state index contributed by atoms with van der Waals surface area (Å²) in [7, 11) is 0. The summed E-state index contributed by atoms with van der Waals surface area (Å²) < 4.78 is 0. The molecule has 4 amide bonds. The number of carbonyl (C=O) groups is 4. The molecule has 6 nitrogen and oxygen atoms in total. The van der Waals surface area contributed by atoms with Gasteiger partial charge in [0, 0.05) is 13.1 Å². The molecule has 0 N–H and O–H groups in total. The Balaban J connectivity index is 1.13. The number of fused-ring (bicyclic) bond motifs is 2. The lowest BCUT2D eigenvalue weighted by Crippen LogP contribution is -2.40. The largest absolute Gasteiger partial charge is 0.274 e. The molecular weight excluding hydrogens is 404 g/mol. The molecule has 0 aromatic heterocycles. The summed E-state index contributed by atoms with van der Waals surface area (Å²) in [5, 5.41) is 0. The molecule has 7 rings (SSSR count). The van der Waals surface area contributed by atoms with E-state index in [1.54, 1.807) is 48.5 Å². The van der Waals surface area contributed by atoms with Crippen molar-refractivity contribution in [3.63, 3.8) is 0 Å². The second kappa shape index (κ2) is 5.94. The Morgan fingerprint density at radius 1 is 0.719 bits per heavy atom. The molecule has 160 valence electrons. The first-order valence-electron chi connectivity index (χ1n) is 11.4. The van der Waals surface area contributed by atoms with Gasteiger partial charge in [0.1, 0.15) is 0 Å². The van der Waals surface area contributed by atoms with E-state index in [0.29, 0.717) is 47.2 Å². The van der Waals surface area contributed by atoms with Gasteiger partial charge in [-0.2, -0.15) is 0 Å². The Morgan fingerprint density at radius 2 is 1.19 bits per heavy atom. The van der Waals surface area contributed by atoms with E-state index in [4.69, 9.17) is 0 Å². The second-order valence-corrected chi connectivity index (χ2v) is 10.0. The average Bonchev–Trinajstić information content (AvgIpc) is 3.05. The van der Waals surface area contributed by atoms with Crippen LogP contribution in [0.3, 0.4) is 0 Å². The van der Waals surface area contributed by atoms with E-state index in [-0.39, 0.29) is 40.9 Å². The quantitative estimate of drug-likeness (QED) is 0.704. The first kappa shape index (κ1) is 18.3. The summed E-state index contributed by atoms with van der Waals surface area (Å²) in [6.45, 7) is 0.893. The zero-order chi connectivity index (χ0) is 21.8. The fourth-order valence-electron chi connectivity index (χ4n) is 7.69. The van der Waals surface area contributed by atoms with Crippen LogP contribution in [0.5, 0.6) is 0 Å². The lowest BCUT2D eigenvalue weighted by molar-refractivity contribution is 0.0562. The molecule has 2 aliphatic heterocycles. The van der Waals surface area contributed by atoms with Crippen molar-refractivity contribution in [1.29, 1.82) is 0 Å². The highest BCUT2D eigenvalue weighted by Crippen LogP contribution is 2.80. The summed E-state index contributed by atoms with van der Waals surface area (Å²) in [6, 6.07) is 14.0. The maximum Gasteiger partial charge on any atom is 0.261 e. The van der Waals surface area contributed by atoms with Crippen molar-refractivity contribution in [2.45, 2.75) is 19.3 Å². The van der Waals surface area contributed by atoms with E-state index >= 15 is 0 Å². The molecule has 5 unspecified atom stereocenters. The SMILES string of the molecule is O=C1c2ccccc2C(=O)N1CC1CC2CCC13C(CN1C(=O)c4ccccc4C1=O)C23. The molecule has 2 bridgehead atoms. The van der Waals surface area contributed by atoms with Crippen molar-refractivity contribution in [2.24, 2.45) is 29.1 Å². The van der Waals surface area contributed by atoms with Crippen molar-refractivity contribution in [3.8, 4) is 0 Å². The Bertz CT molecular complexity index is 1180. The molecule has 0 spiro atoms. The molecule has 2 aromatic carbocycles. The van der Waals surface area contributed by atoms with Crippen LogP contribution in [0.2, 0.25) is 0 Å². The van der Waals surface area contributed by atoms with E-state index in [1.807, 2.05) is 0 Å². The van der Waals surface area contributed by atoms with E-state index < -0.39 is 0 Å². The Labute approximate surface area is 185 Å². The summed E-state index contributed by atoms with van der Waals surface area (Å²) in [6.07, 6.45) is 3.25. The molecule has 5 atom stereocenters. The maximum atomic E-state index is 12.9. The van der Waals surface area contributed by atoms with Gasteiger partial charge in [0.15, 0.2) is 0 Å². The fraction of sp³-hybridized carbons (Fsp3) is 0.385. The molecule has 0 saturated heterocycles. The molecule has 5 aliphatic rings. The molecule has 6 heteroatoms. The van der Waals surface area contributed by atoms with Crippen LogP contribution >= 0.6 is 0 Å². The number of benzene rings is 2. The minimum Gasteiger partial charge on any atom is -0.274 e. The summed E-state index contributed by atoms with van der Waals surface area (Å²) in [4.78, 5) is 54.4. The third-order valence-corrected chi connectivity index (χ3v) is 8.98. The number of hydrogen-bond donors (Lipinski definition) is 0. The molecule has 32 heavy (non-hydrogen) atoms. The number of carbonyl (C=O) groups excluding carboxylic acids is 4. The van der Waals surface area contributed by atoms with Crippen LogP contribution < -0.4 is 0 Å². The average molecular weight is 426 g/mol. The van der Waals surface area contributed by atoms with Gasteiger partial charge >= 0.3 is 0 Å². The van der Waals surface area contributed by atoms with Crippen LogP contribution in [0.4, 0.5) is 0 Å². The predicted molar refractivity (Wildman–Crippen MR) is 114 cm³/mol. The van der Waals surface area contributed by atoms with Gasteiger partial charge in [0.2, 0.25) is 0 Å². The number of rotatable bonds is 4. The maximum absolute atomic E-state index is 12.9. The standard InChI is InChI=1S/C26H22N2O4/c29-22-16-5-1-2-6-17(16)23(30)27(22)12-15-11-14-9-10-26(15)20(21(14)26)13-28-24(31)18-7-3-4-8-19(18)25(28)32/h1-8,14-15,20-21H,9-13H2. The molecular formula is C26H22N2O4. The van der Waals surface area contributed by atoms with Crippen molar-refractivity contribution >= 4 is 23.6 Å². The molecule has 3 saturated carbocycles. The van der Waals surface area contributed by atoms with Gasteiger partial charge in [-0.1, -0.05) is 24.3 Å². The van der Waals surface area contributed by atoms with Gasteiger partial charge in [-0.25, -0.2) is 0 Å². The molecule has 0 radical (unpaired) electrons. The highest BCUT2D eigenvalue weighted by Gasteiger charge is 2.77. The van der Waals surface area contributed by atoms with Crippen molar-refractivity contribution in [2.75, 3.05) is 13.1 Å². The van der Waals surface area contributed by atoms with Crippen LogP contribution in [-0.4, -0.2) is 46.5 Å². The van der Waals surface area contributed by atoms with Crippen LogP contribution in [0.1, 0.15) is 60.7 Å². The van der Waals surface area contributed by atoms with Gasteiger partial charge in [0.05, 0.1) is 22.3 Å². The summed E-state index contributed by atoms with van der Waals surface area (Å²) >= 11 is 0. The Kier molecular flexibility index (Phi) is 3.40. The predicted octanol–water partition coefficient (Wildman–Crippen LogP) is 3.24. The van der Waals surface area contributed by atoms with Crippen LogP contribution in [0.15, 0.2) is 48.5 Å². The molecule has 3 aliphatic carbocycles. The van der Waals surface area contributed by atoms with Crippen LogP contribution in [0.25, 0.3) is 0 Å². The molecule has 3 fully saturated rings. The van der Waals surface area contributed by atoms with Crippen molar-refractivity contribution < 1.29 is 19.2 Å². The third kappa shape index (κ3) is 2.06.